The standard InChI is InChI=1S/C12H19NOS/c1-13(2)12(8-9-14)10-4-6-11(15-3)7-5-10/h4-7,12,14H,8-9H2,1-3H3. The maximum absolute atomic E-state index is 9.02. The quantitative estimate of drug-likeness (QED) is 0.778. The summed E-state index contributed by atoms with van der Waals surface area (Å²) in [6, 6.07) is 8.87. The molecular formula is C12H19NOS. The topological polar surface area (TPSA) is 23.5 Å². The lowest BCUT2D eigenvalue weighted by atomic mass is 10.0. The Balaban J connectivity index is 2.81. The van der Waals surface area contributed by atoms with Crippen LogP contribution in [0.5, 0.6) is 0 Å². The fraction of sp³-hybridized carbons (Fsp3) is 0.500. The average Bonchev–Trinajstić information content (AvgIpc) is 2.26. The zero-order valence-electron chi connectivity index (χ0n) is 9.60. The molecule has 0 saturated carbocycles. The molecular weight excluding hydrogens is 206 g/mol. The van der Waals surface area contributed by atoms with Crippen LogP contribution in [-0.4, -0.2) is 37.0 Å². The Labute approximate surface area is 96.3 Å². The first-order valence-corrected chi connectivity index (χ1v) is 6.32. The maximum Gasteiger partial charge on any atom is 0.0449 e. The maximum atomic E-state index is 9.02. The highest BCUT2D eigenvalue weighted by Gasteiger charge is 2.12. The zero-order valence-corrected chi connectivity index (χ0v) is 10.4. The molecule has 0 bridgehead atoms. The summed E-state index contributed by atoms with van der Waals surface area (Å²) in [5.74, 6) is 0. The number of hydrogen-bond acceptors (Lipinski definition) is 3. The molecule has 1 atom stereocenters. The van der Waals surface area contributed by atoms with Crippen molar-refractivity contribution in [1.82, 2.24) is 4.90 Å². The summed E-state index contributed by atoms with van der Waals surface area (Å²) >= 11 is 1.75. The molecule has 0 amide bonds. The van der Waals surface area contributed by atoms with Crippen molar-refractivity contribution in [2.45, 2.75) is 17.4 Å². The fourth-order valence-electron chi connectivity index (χ4n) is 1.67. The molecule has 0 saturated heterocycles. The Morgan fingerprint density at radius 1 is 1.27 bits per heavy atom. The summed E-state index contributed by atoms with van der Waals surface area (Å²) in [5.41, 5.74) is 1.27. The molecule has 0 spiro atoms. The van der Waals surface area contributed by atoms with Crippen molar-refractivity contribution in [2.75, 3.05) is 27.0 Å². The SMILES string of the molecule is CSc1ccc(C(CCO)N(C)C)cc1. The summed E-state index contributed by atoms with van der Waals surface area (Å²) in [6.07, 6.45) is 2.86. The third-order valence-electron chi connectivity index (χ3n) is 2.53. The van der Waals surface area contributed by atoms with Gasteiger partial charge in [0.25, 0.3) is 0 Å². The van der Waals surface area contributed by atoms with Crippen LogP contribution in [0.1, 0.15) is 18.0 Å². The van der Waals surface area contributed by atoms with Crippen molar-refractivity contribution in [1.29, 1.82) is 0 Å². The van der Waals surface area contributed by atoms with Crippen LogP contribution >= 0.6 is 11.8 Å². The number of aliphatic hydroxyl groups is 1. The minimum Gasteiger partial charge on any atom is -0.396 e. The molecule has 0 fully saturated rings. The highest BCUT2D eigenvalue weighted by atomic mass is 32.2. The molecule has 0 aliphatic heterocycles. The van der Waals surface area contributed by atoms with Crippen molar-refractivity contribution < 1.29 is 5.11 Å². The average molecular weight is 225 g/mol. The van der Waals surface area contributed by atoms with Gasteiger partial charge in [0.15, 0.2) is 0 Å². The van der Waals surface area contributed by atoms with E-state index in [-0.39, 0.29) is 6.61 Å². The van der Waals surface area contributed by atoms with Crippen LogP contribution in [0.25, 0.3) is 0 Å². The van der Waals surface area contributed by atoms with Gasteiger partial charge in [0.2, 0.25) is 0 Å². The van der Waals surface area contributed by atoms with E-state index in [1.54, 1.807) is 11.8 Å². The van der Waals surface area contributed by atoms with Crippen molar-refractivity contribution in [2.24, 2.45) is 0 Å². The monoisotopic (exact) mass is 225 g/mol. The molecule has 0 aliphatic rings. The Kier molecular flexibility index (Phi) is 5.15. The van der Waals surface area contributed by atoms with Crippen LogP contribution in [0.3, 0.4) is 0 Å². The summed E-state index contributed by atoms with van der Waals surface area (Å²) < 4.78 is 0. The summed E-state index contributed by atoms with van der Waals surface area (Å²) in [7, 11) is 4.09. The minimum absolute atomic E-state index is 0.229. The van der Waals surface area contributed by atoms with Crippen LogP contribution in [0, 0.1) is 0 Å². The third kappa shape index (κ3) is 3.52. The second-order valence-electron chi connectivity index (χ2n) is 3.76. The van der Waals surface area contributed by atoms with E-state index < -0.39 is 0 Å². The van der Waals surface area contributed by atoms with Crippen molar-refractivity contribution >= 4 is 11.8 Å². The first kappa shape index (κ1) is 12.6. The molecule has 1 aromatic rings. The highest BCUT2D eigenvalue weighted by Crippen LogP contribution is 2.24. The molecule has 1 N–H and O–H groups in total. The Hall–Kier alpha value is -0.510. The lowest BCUT2D eigenvalue weighted by Gasteiger charge is -2.24. The van der Waals surface area contributed by atoms with Crippen LogP contribution in [0.2, 0.25) is 0 Å². The molecule has 1 aromatic carbocycles. The lowest BCUT2D eigenvalue weighted by Crippen LogP contribution is -2.20. The van der Waals surface area contributed by atoms with Crippen molar-refractivity contribution in [3.63, 3.8) is 0 Å². The van der Waals surface area contributed by atoms with Gasteiger partial charge >= 0.3 is 0 Å². The minimum atomic E-state index is 0.229. The Bertz CT molecular complexity index is 284. The number of rotatable bonds is 5. The predicted molar refractivity (Wildman–Crippen MR) is 66.4 cm³/mol. The zero-order chi connectivity index (χ0) is 11.3. The summed E-state index contributed by atoms with van der Waals surface area (Å²) in [4.78, 5) is 3.42. The Morgan fingerprint density at radius 2 is 1.87 bits per heavy atom. The second kappa shape index (κ2) is 6.16. The summed E-state index contributed by atoms with van der Waals surface area (Å²) in [6.45, 7) is 0.229. The molecule has 2 nitrogen and oxygen atoms in total. The van der Waals surface area contributed by atoms with E-state index in [4.69, 9.17) is 5.11 Å². The normalized spacial score (nSPS) is 13.1. The van der Waals surface area contributed by atoms with Gasteiger partial charge in [-0.2, -0.15) is 0 Å². The number of benzene rings is 1. The van der Waals surface area contributed by atoms with Crippen molar-refractivity contribution in [3.8, 4) is 0 Å². The number of thioether (sulfide) groups is 1. The van der Waals surface area contributed by atoms with E-state index >= 15 is 0 Å². The molecule has 84 valence electrons. The molecule has 0 heterocycles. The van der Waals surface area contributed by atoms with E-state index in [0.717, 1.165) is 6.42 Å². The van der Waals surface area contributed by atoms with E-state index in [1.165, 1.54) is 10.5 Å². The molecule has 0 aromatic heterocycles. The lowest BCUT2D eigenvalue weighted by molar-refractivity contribution is 0.211. The van der Waals surface area contributed by atoms with Gasteiger partial charge in [-0.3, -0.25) is 0 Å². The molecule has 0 radical (unpaired) electrons. The molecule has 1 rings (SSSR count). The molecule has 0 aliphatic carbocycles. The smallest absolute Gasteiger partial charge is 0.0449 e. The second-order valence-corrected chi connectivity index (χ2v) is 4.64. The van der Waals surface area contributed by atoms with E-state index in [1.807, 2.05) is 14.1 Å². The fourth-order valence-corrected chi connectivity index (χ4v) is 2.08. The van der Waals surface area contributed by atoms with E-state index in [9.17, 15) is 0 Å². The third-order valence-corrected chi connectivity index (χ3v) is 3.27. The van der Waals surface area contributed by atoms with Gasteiger partial charge in [0, 0.05) is 17.5 Å². The summed E-state index contributed by atoms with van der Waals surface area (Å²) in [5, 5.41) is 9.02. The van der Waals surface area contributed by atoms with Gasteiger partial charge in [0.1, 0.15) is 0 Å². The number of hydrogen-bond donors (Lipinski definition) is 1. The van der Waals surface area contributed by atoms with E-state index in [2.05, 4.69) is 35.4 Å². The number of aliphatic hydroxyl groups excluding tert-OH is 1. The van der Waals surface area contributed by atoms with Crippen LogP contribution in [0.4, 0.5) is 0 Å². The van der Waals surface area contributed by atoms with Crippen LogP contribution < -0.4 is 0 Å². The van der Waals surface area contributed by atoms with Gasteiger partial charge in [-0.1, -0.05) is 12.1 Å². The Morgan fingerprint density at radius 3 is 2.27 bits per heavy atom. The van der Waals surface area contributed by atoms with Gasteiger partial charge in [-0.15, -0.1) is 11.8 Å². The van der Waals surface area contributed by atoms with Gasteiger partial charge in [-0.05, 0) is 44.5 Å². The molecule has 15 heavy (non-hydrogen) atoms. The van der Waals surface area contributed by atoms with Crippen LogP contribution in [-0.2, 0) is 0 Å². The number of nitrogens with zero attached hydrogens (tertiary/aromatic N) is 1. The van der Waals surface area contributed by atoms with Gasteiger partial charge in [0.05, 0.1) is 0 Å². The van der Waals surface area contributed by atoms with Crippen molar-refractivity contribution in [3.05, 3.63) is 29.8 Å². The predicted octanol–water partition coefficient (Wildman–Crippen LogP) is 2.39. The van der Waals surface area contributed by atoms with Gasteiger partial charge < -0.3 is 10.0 Å². The van der Waals surface area contributed by atoms with Crippen LogP contribution in [0.15, 0.2) is 29.2 Å². The molecule has 1 unspecified atom stereocenters. The highest BCUT2D eigenvalue weighted by molar-refractivity contribution is 7.98. The first-order valence-electron chi connectivity index (χ1n) is 5.10. The largest absolute Gasteiger partial charge is 0.396 e. The first-order chi connectivity index (χ1) is 7.19. The molecule has 3 heteroatoms. The van der Waals surface area contributed by atoms with E-state index in [0.29, 0.717) is 6.04 Å². The van der Waals surface area contributed by atoms with Gasteiger partial charge in [-0.25, -0.2) is 0 Å².